The number of alkyl halides is 3. The normalized spacial score (nSPS) is 13.3. The Morgan fingerprint density at radius 2 is 2.02 bits per heavy atom. The Hall–Kier alpha value is -4.27. The van der Waals surface area contributed by atoms with Crippen LogP contribution in [0.5, 0.6) is 5.75 Å². The average Bonchev–Trinajstić information content (AvgIpc) is 3.60. The van der Waals surface area contributed by atoms with Gasteiger partial charge in [-0.3, -0.25) is 4.68 Å². The smallest absolute Gasteiger partial charge is 0.487 e. The fraction of sp³-hybridized carbons (Fsp3) is 0.290. The number of anilines is 2. The van der Waals surface area contributed by atoms with Crippen molar-refractivity contribution < 1.29 is 31.8 Å². The fourth-order valence-electron chi connectivity index (χ4n) is 5.21. The van der Waals surface area contributed by atoms with E-state index in [9.17, 15) is 22.4 Å². The highest BCUT2D eigenvalue weighted by Gasteiger charge is 2.42. The molecule has 2 aromatic carbocycles. The molecule has 1 aliphatic rings. The lowest BCUT2D eigenvalue weighted by atomic mass is 9.95. The van der Waals surface area contributed by atoms with Crippen LogP contribution in [0.2, 0.25) is 5.02 Å². The predicted molar refractivity (Wildman–Crippen MR) is 166 cm³/mol. The van der Waals surface area contributed by atoms with Crippen LogP contribution in [0.15, 0.2) is 55.0 Å². The number of thiophene rings is 1. The lowest BCUT2D eigenvalue weighted by molar-refractivity contribution is -0.205. The molecular formula is C31H27ClF4N6O3S. The van der Waals surface area contributed by atoms with Gasteiger partial charge in [-0.15, -0.1) is 11.3 Å². The number of aromatic nitrogens is 4. The molecule has 0 aliphatic heterocycles. The van der Waals surface area contributed by atoms with E-state index < -0.39 is 18.2 Å². The first-order valence-electron chi connectivity index (χ1n) is 14.3. The van der Waals surface area contributed by atoms with Gasteiger partial charge in [-0.1, -0.05) is 30.7 Å². The van der Waals surface area contributed by atoms with Crippen LogP contribution in [-0.2, 0) is 35.5 Å². The topological polar surface area (TPSA) is 103 Å². The van der Waals surface area contributed by atoms with Gasteiger partial charge >= 0.3 is 12.1 Å². The van der Waals surface area contributed by atoms with E-state index in [1.54, 1.807) is 43.5 Å². The van der Waals surface area contributed by atoms with Gasteiger partial charge in [0.05, 0.1) is 22.6 Å². The molecule has 0 fully saturated rings. The zero-order chi connectivity index (χ0) is 32.4. The highest BCUT2D eigenvalue weighted by molar-refractivity contribution is 7.22. The van der Waals surface area contributed by atoms with Crippen molar-refractivity contribution in [2.75, 3.05) is 18.4 Å². The molecule has 3 heterocycles. The average molecular weight is 675 g/mol. The number of likely N-dealkylation sites (N-methyl/N-ethyl adjacent to an activating group) is 1. The Morgan fingerprint density at radius 3 is 2.78 bits per heavy atom. The molecule has 46 heavy (non-hydrogen) atoms. The highest BCUT2D eigenvalue weighted by Crippen LogP contribution is 2.45. The number of rotatable bonds is 11. The number of nitrogens with one attached hydrogen (secondary N) is 2. The van der Waals surface area contributed by atoms with Crippen LogP contribution in [0.4, 0.5) is 29.1 Å². The second kappa shape index (κ2) is 13.2. The number of ether oxygens (including phenoxy) is 2. The lowest BCUT2D eigenvalue weighted by Crippen LogP contribution is -2.38. The summed E-state index contributed by atoms with van der Waals surface area (Å²) in [5.41, 5.74) is 4.03. The van der Waals surface area contributed by atoms with E-state index >= 15 is 0 Å². The van der Waals surface area contributed by atoms with Crippen LogP contribution in [0, 0.1) is 5.82 Å². The molecule has 0 bridgehead atoms. The molecule has 1 atom stereocenters. The van der Waals surface area contributed by atoms with Gasteiger partial charge in [0.1, 0.15) is 41.3 Å². The molecule has 0 saturated heterocycles. The molecule has 5 aromatic rings. The lowest BCUT2D eigenvalue weighted by Gasteiger charge is -2.19. The van der Waals surface area contributed by atoms with Crippen molar-refractivity contribution in [1.82, 2.24) is 25.1 Å². The summed E-state index contributed by atoms with van der Waals surface area (Å²) >= 11 is 7.99. The summed E-state index contributed by atoms with van der Waals surface area (Å²) < 4.78 is 64.2. The van der Waals surface area contributed by atoms with E-state index in [0.717, 1.165) is 31.9 Å². The van der Waals surface area contributed by atoms with E-state index in [2.05, 4.69) is 25.7 Å². The Kier molecular flexibility index (Phi) is 9.11. The van der Waals surface area contributed by atoms with Crippen molar-refractivity contribution in [1.29, 1.82) is 0 Å². The minimum atomic E-state index is -5.09. The minimum absolute atomic E-state index is 0.0443. The number of benzene rings is 2. The molecule has 0 amide bonds. The Bertz CT molecular complexity index is 1900. The van der Waals surface area contributed by atoms with Gasteiger partial charge in [0.15, 0.2) is 0 Å². The zero-order valence-electron chi connectivity index (χ0n) is 24.3. The molecule has 9 nitrogen and oxygen atoms in total. The number of nitrogens with zero attached hydrogens (tertiary/aromatic N) is 4. The van der Waals surface area contributed by atoms with Gasteiger partial charge in [-0.05, 0) is 60.8 Å². The third-order valence-corrected chi connectivity index (χ3v) is 8.75. The van der Waals surface area contributed by atoms with Crippen molar-refractivity contribution in [2.24, 2.45) is 0 Å². The van der Waals surface area contributed by atoms with E-state index in [-0.39, 0.29) is 25.5 Å². The maximum absolute atomic E-state index is 13.5. The summed E-state index contributed by atoms with van der Waals surface area (Å²) in [6.07, 6.45) is -1.67. The van der Waals surface area contributed by atoms with E-state index in [4.69, 9.17) is 21.1 Å². The molecular weight excluding hydrogens is 648 g/mol. The molecule has 0 saturated carbocycles. The number of carbonyl (C=O) groups excluding carboxylic acids is 1. The monoisotopic (exact) mass is 674 g/mol. The van der Waals surface area contributed by atoms with E-state index in [1.807, 2.05) is 0 Å². The van der Waals surface area contributed by atoms with Crippen molar-refractivity contribution in [3.63, 3.8) is 0 Å². The van der Waals surface area contributed by atoms with Gasteiger partial charge in [0.25, 0.3) is 0 Å². The van der Waals surface area contributed by atoms with Gasteiger partial charge < -0.3 is 20.1 Å². The molecule has 3 aromatic heterocycles. The van der Waals surface area contributed by atoms with Crippen molar-refractivity contribution in [2.45, 2.75) is 45.2 Å². The number of halogens is 5. The standard InChI is InChI=1S/C31H27ClF4N6O3S/c1-2-37-12-20(45-30(43)31(34,35)36)13-42-14-22-24(41-42)8-7-21-26-28(38-16-39-29(26)46-27(21)22)40-19-6-9-25(23(32)11-19)44-15-17-4-3-5-18(33)10-17/h3-6,9-11,14,16,20,37H,2,7-8,12-13,15H2,1H3,(H,38,39,40)/t20-/m1/s1. The SMILES string of the molecule is CCNC[C@H](Cn1cc2c(n1)CCc1c-2sc2ncnc(Nc3ccc(OCc4cccc(F)c4)c(Cl)c3)c12)OC(=O)C(F)(F)F. The van der Waals surface area contributed by atoms with Crippen LogP contribution in [0.25, 0.3) is 20.7 Å². The maximum Gasteiger partial charge on any atom is 0.490 e. The Balaban J connectivity index is 1.22. The fourth-order valence-corrected chi connectivity index (χ4v) is 6.67. The number of aryl methyl sites for hydroxylation is 2. The third kappa shape index (κ3) is 6.93. The van der Waals surface area contributed by atoms with Gasteiger partial charge in [0, 0.05) is 28.9 Å². The molecule has 0 unspecified atom stereocenters. The predicted octanol–water partition coefficient (Wildman–Crippen LogP) is 6.85. The van der Waals surface area contributed by atoms with Crippen LogP contribution in [0.3, 0.4) is 0 Å². The van der Waals surface area contributed by atoms with Crippen molar-refractivity contribution >= 4 is 50.6 Å². The summed E-state index contributed by atoms with van der Waals surface area (Å²) in [6, 6.07) is 11.4. The molecule has 240 valence electrons. The van der Waals surface area contributed by atoms with Gasteiger partial charge in [0.2, 0.25) is 0 Å². The van der Waals surface area contributed by atoms with Crippen LogP contribution in [-0.4, -0.2) is 51.1 Å². The minimum Gasteiger partial charge on any atom is -0.487 e. The van der Waals surface area contributed by atoms with Gasteiger partial charge in [-0.2, -0.15) is 18.3 Å². The quantitative estimate of drug-likeness (QED) is 0.116. The Labute approximate surface area is 269 Å². The van der Waals surface area contributed by atoms with Crippen molar-refractivity contribution in [3.8, 4) is 16.2 Å². The van der Waals surface area contributed by atoms with E-state index in [0.29, 0.717) is 47.2 Å². The number of carbonyl (C=O) groups is 1. The summed E-state index contributed by atoms with van der Waals surface area (Å²) in [4.78, 5) is 22.2. The second-order valence-electron chi connectivity index (χ2n) is 10.5. The number of fused-ring (bicyclic) bond motifs is 5. The number of esters is 1. The first kappa shape index (κ1) is 31.7. The molecule has 6 rings (SSSR count). The second-order valence-corrected chi connectivity index (χ2v) is 12.0. The van der Waals surface area contributed by atoms with Gasteiger partial charge in [-0.25, -0.2) is 19.2 Å². The molecule has 2 N–H and O–H groups in total. The van der Waals surface area contributed by atoms with Crippen LogP contribution < -0.4 is 15.4 Å². The van der Waals surface area contributed by atoms with Crippen LogP contribution in [0.1, 0.15) is 23.7 Å². The number of hydrogen-bond acceptors (Lipinski definition) is 9. The summed E-state index contributed by atoms with van der Waals surface area (Å²) in [5.74, 6) is -1.54. The summed E-state index contributed by atoms with van der Waals surface area (Å²) in [5, 5.41) is 12.1. The first-order chi connectivity index (χ1) is 22.1. The number of hydrogen-bond donors (Lipinski definition) is 2. The maximum atomic E-state index is 13.5. The Morgan fingerprint density at radius 1 is 1.17 bits per heavy atom. The summed E-state index contributed by atoms with van der Waals surface area (Å²) in [6.45, 7) is 2.47. The first-order valence-corrected chi connectivity index (χ1v) is 15.5. The molecule has 1 aliphatic carbocycles. The zero-order valence-corrected chi connectivity index (χ0v) is 25.9. The molecule has 15 heteroatoms. The molecule has 0 radical (unpaired) electrons. The van der Waals surface area contributed by atoms with Crippen LogP contribution >= 0.6 is 22.9 Å². The van der Waals surface area contributed by atoms with E-state index in [1.165, 1.54) is 34.5 Å². The third-order valence-electron chi connectivity index (χ3n) is 7.28. The highest BCUT2D eigenvalue weighted by atomic mass is 35.5. The largest absolute Gasteiger partial charge is 0.490 e. The van der Waals surface area contributed by atoms with Crippen molar-refractivity contribution in [3.05, 3.63) is 82.6 Å². The molecule has 0 spiro atoms. The summed E-state index contributed by atoms with van der Waals surface area (Å²) in [7, 11) is 0.